The Morgan fingerprint density at radius 3 is 1.74 bits per heavy atom. The lowest BCUT2D eigenvalue weighted by Crippen LogP contribution is -2.37. The molecule has 0 heterocycles. The number of phosphoric ester groups is 1. The average Bonchev–Trinajstić information content (AvgIpc) is 3.01. The number of ether oxygens (including phenoxy) is 2. The standard InChI is InChI=1S/C37H70NO8P/c1-6-8-10-12-14-16-17-18-19-20-21-22-24-25-27-29-36(39)43-33-35(34-45-47(41,42)44-32-31-38(3,4)5)46-37(40)30-28-26-23-15-13-11-9-7-2/h24-25,27,29,35H,6-23,26,28,30-34H2,1-5H3/b25-24+,29-27+/t35-/m0/s1. The van der Waals surface area contributed by atoms with E-state index in [1.165, 1.54) is 96.0 Å². The minimum Gasteiger partial charge on any atom is -0.756 e. The molecule has 276 valence electrons. The quantitative estimate of drug-likeness (QED) is 0.0168. The molecule has 0 aliphatic heterocycles. The fraction of sp³-hybridized carbons (Fsp3) is 0.838. The first-order chi connectivity index (χ1) is 22.5. The second-order valence-electron chi connectivity index (χ2n) is 13.7. The molecule has 0 fully saturated rings. The van der Waals surface area contributed by atoms with E-state index in [1.54, 1.807) is 6.08 Å². The lowest BCUT2D eigenvalue weighted by Gasteiger charge is -2.28. The number of esters is 2. The van der Waals surface area contributed by atoms with Gasteiger partial charge in [0.05, 0.1) is 27.7 Å². The molecule has 2 atom stereocenters. The van der Waals surface area contributed by atoms with E-state index in [0.29, 0.717) is 17.4 Å². The summed E-state index contributed by atoms with van der Waals surface area (Å²) in [4.78, 5) is 37.0. The van der Waals surface area contributed by atoms with Crippen molar-refractivity contribution in [1.29, 1.82) is 0 Å². The van der Waals surface area contributed by atoms with Crippen molar-refractivity contribution in [3.05, 3.63) is 24.3 Å². The van der Waals surface area contributed by atoms with Crippen molar-refractivity contribution in [2.24, 2.45) is 0 Å². The largest absolute Gasteiger partial charge is 0.756 e. The Labute approximate surface area is 288 Å². The Morgan fingerprint density at radius 2 is 1.21 bits per heavy atom. The smallest absolute Gasteiger partial charge is 0.330 e. The van der Waals surface area contributed by atoms with Crippen LogP contribution < -0.4 is 4.89 Å². The Balaban J connectivity index is 4.51. The third-order valence-electron chi connectivity index (χ3n) is 7.83. The second kappa shape index (κ2) is 30.5. The van der Waals surface area contributed by atoms with Gasteiger partial charge >= 0.3 is 11.9 Å². The van der Waals surface area contributed by atoms with E-state index in [4.69, 9.17) is 18.5 Å². The van der Waals surface area contributed by atoms with Crippen LogP contribution in [0.1, 0.15) is 149 Å². The molecule has 0 saturated carbocycles. The van der Waals surface area contributed by atoms with Gasteiger partial charge in [-0.3, -0.25) is 9.36 Å². The molecule has 47 heavy (non-hydrogen) atoms. The highest BCUT2D eigenvalue weighted by Crippen LogP contribution is 2.38. The van der Waals surface area contributed by atoms with Crippen molar-refractivity contribution in [3.63, 3.8) is 0 Å². The van der Waals surface area contributed by atoms with Crippen LogP contribution in [0.4, 0.5) is 0 Å². The Kier molecular flexibility index (Phi) is 29.6. The van der Waals surface area contributed by atoms with Gasteiger partial charge in [0.25, 0.3) is 7.82 Å². The van der Waals surface area contributed by atoms with Gasteiger partial charge in [-0.2, -0.15) is 0 Å². The number of carbonyl (C=O) groups excluding carboxylic acids is 2. The van der Waals surface area contributed by atoms with Crippen LogP contribution in [-0.2, 0) is 32.7 Å². The highest BCUT2D eigenvalue weighted by molar-refractivity contribution is 7.45. The molecule has 0 amide bonds. The van der Waals surface area contributed by atoms with Crippen LogP contribution in [-0.4, -0.2) is 70.0 Å². The van der Waals surface area contributed by atoms with Gasteiger partial charge < -0.3 is 27.9 Å². The SMILES string of the molecule is CCCCCCCCCCCCC/C=C/C=C/C(=O)OC[C@@H](COP(=O)([O-])OCC[N+](C)(C)C)OC(=O)CCCCCCCCCC. The zero-order valence-electron chi connectivity index (χ0n) is 30.7. The number of unbranched alkanes of at least 4 members (excludes halogenated alkanes) is 18. The third kappa shape index (κ3) is 34.2. The number of hydrogen-bond donors (Lipinski definition) is 0. The van der Waals surface area contributed by atoms with Gasteiger partial charge in [0.15, 0.2) is 6.10 Å². The summed E-state index contributed by atoms with van der Waals surface area (Å²) in [6.45, 7) is 4.04. The molecule has 0 aromatic heterocycles. The average molecular weight is 688 g/mol. The van der Waals surface area contributed by atoms with Crippen LogP contribution >= 0.6 is 7.82 Å². The van der Waals surface area contributed by atoms with Crippen molar-refractivity contribution in [3.8, 4) is 0 Å². The number of hydrogen-bond acceptors (Lipinski definition) is 8. The van der Waals surface area contributed by atoms with Gasteiger partial charge in [-0.25, -0.2) is 4.79 Å². The van der Waals surface area contributed by atoms with E-state index < -0.39 is 32.5 Å². The van der Waals surface area contributed by atoms with Crippen LogP contribution in [0.25, 0.3) is 0 Å². The van der Waals surface area contributed by atoms with Crippen LogP contribution in [0.15, 0.2) is 24.3 Å². The van der Waals surface area contributed by atoms with Crippen LogP contribution in [0, 0.1) is 0 Å². The lowest BCUT2D eigenvalue weighted by molar-refractivity contribution is -0.870. The van der Waals surface area contributed by atoms with Gasteiger partial charge in [-0.05, 0) is 19.3 Å². The van der Waals surface area contributed by atoms with Gasteiger partial charge in [0.1, 0.15) is 19.8 Å². The third-order valence-corrected chi connectivity index (χ3v) is 8.79. The first kappa shape index (κ1) is 45.5. The number of phosphoric acid groups is 1. The minimum atomic E-state index is -4.63. The minimum absolute atomic E-state index is 0.0419. The fourth-order valence-electron chi connectivity index (χ4n) is 4.86. The van der Waals surface area contributed by atoms with Crippen molar-refractivity contribution in [2.45, 2.75) is 155 Å². The number of rotatable bonds is 33. The molecule has 0 aromatic carbocycles. The summed E-state index contributed by atoms with van der Waals surface area (Å²) in [7, 11) is 1.12. The Hall–Kier alpha value is -1.51. The molecule has 0 rings (SSSR count). The summed E-state index contributed by atoms with van der Waals surface area (Å²) in [6.07, 6.45) is 30.0. The molecule has 0 radical (unpaired) electrons. The maximum atomic E-state index is 12.5. The normalized spacial score (nSPS) is 14.1. The highest BCUT2D eigenvalue weighted by atomic mass is 31.2. The fourth-order valence-corrected chi connectivity index (χ4v) is 5.59. The van der Waals surface area contributed by atoms with E-state index in [1.807, 2.05) is 33.3 Å². The highest BCUT2D eigenvalue weighted by Gasteiger charge is 2.21. The van der Waals surface area contributed by atoms with Gasteiger partial charge in [0.2, 0.25) is 0 Å². The molecule has 0 spiro atoms. The van der Waals surface area contributed by atoms with Crippen molar-refractivity contribution < 1.29 is 42.1 Å². The topological polar surface area (TPSA) is 111 Å². The van der Waals surface area contributed by atoms with Crippen molar-refractivity contribution in [1.82, 2.24) is 0 Å². The zero-order chi connectivity index (χ0) is 35.1. The molecule has 0 saturated heterocycles. The number of allylic oxidation sites excluding steroid dienone is 3. The van der Waals surface area contributed by atoms with Crippen molar-refractivity contribution >= 4 is 19.8 Å². The van der Waals surface area contributed by atoms with Gasteiger partial charge in [-0.1, -0.05) is 141 Å². The number of likely N-dealkylation sites (N-methyl/N-ethyl adjacent to an activating group) is 1. The molecule has 10 heteroatoms. The Bertz CT molecular complexity index is 871. The van der Waals surface area contributed by atoms with E-state index in [2.05, 4.69) is 13.8 Å². The van der Waals surface area contributed by atoms with Crippen LogP contribution in [0.5, 0.6) is 0 Å². The van der Waals surface area contributed by atoms with E-state index >= 15 is 0 Å². The molecule has 0 bridgehead atoms. The van der Waals surface area contributed by atoms with Gasteiger partial charge in [0, 0.05) is 12.5 Å². The molecular weight excluding hydrogens is 617 g/mol. The van der Waals surface area contributed by atoms with Crippen LogP contribution in [0.3, 0.4) is 0 Å². The number of quaternary nitrogens is 1. The molecule has 0 aromatic rings. The molecule has 1 unspecified atom stereocenters. The monoisotopic (exact) mass is 687 g/mol. The van der Waals surface area contributed by atoms with E-state index in [0.717, 1.165) is 32.1 Å². The zero-order valence-corrected chi connectivity index (χ0v) is 31.6. The summed E-state index contributed by atoms with van der Waals surface area (Å²) < 4.78 is 33.4. The van der Waals surface area contributed by atoms with Gasteiger partial charge in [-0.15, -0.1) is 0 Å². The van der Waals surface area contributed by atoms with E-state index in [-0.39, 0.29) is 19.6 Å². The second-order valence-corrected chi connectivity index (χ2v) is 15.1. The summed E-state index contributed by atoms with van der Waals surface area (Å²) in [5.74, 6) is -1.09. The maximum Gasteiger partial charge on any atom is 0.330 e. The van der Waals surface area contributed by atoms with Crippen molar-refractivity contribution in [2.75, 3.05) is 47.5 Å². The molecule has 0 N–H and O–H groups in total. The molecule has 9 nitrogen and oxygen atoms in total. The lowest BCUT2D eigenvalue weighted by atomic mass is 10.1. The summed E-state index contributed by atoms with van der Waals surface area (Å²) in [5.41, 5.74) is 0. The molecule has 0 aliphatic rings. The summed E-state index contributed by atoms with van der Waals surface area (Å²) >= 11 is 0. The summed E-state index contributed by atoms with van der Waals surface area (Å²) in [6, 6.07) is 0. The summed E-state index contributed by atoms with van der Waals surface area (Å²) in [5, 5.41) is 0. The number of nitrogens with zero attached hydrogens (tertiary/aromatic N) is 1. The van der Waals surface area contributed by atoms with Crippen LogP contribution in [0.2, 0.25) is 0 Å². The molecular formula is C37H70NO8P. The first-order valence-electron chi connectivity index (χ1n) is 18.6. The predicted octanol–water partition coefficient (Wildman–Crippen LogP) is 8.99. The first-order valence-corrected chi connectivity index (χ1v) is 20.0. The number of carbonyl (C=O) groups is 2. The Morgan fingerprint density at radius 1 is 0.702 bits per heavy atom. The van der Waals surface area contributed by atoms with E-state index in [9.17, 15) is 19.0 Å². The predicted molar refractivity (Wildman–Crippen MR) is 190 cm³/mol. The molecule has 0 aliphatic carbocycles. The maximum absolute atomic E-state index is 12.5.